The Morgan fingerprint density at radius 3 is 2.58 bits per heavy atom. The van der Waals surface area contributed by atoms with Crippen LogP contribution in [0.1, 0.15) is 16.7 Å². The number of nitriles is 1. The summed E-state index contributed by atoms with van der Waals surface area (Å²) in [5, 5.41) is 8.58. The third kappa shape index (κ3) is 5.47. The Kier molecular flexibility index (Phi) is 7.74. The van der Waals surface area contributed by atoms with Crippen molar-refractivity contribution in [1.82, 2.24) is 4.90 Å². The first kappa shape index (κ1) is 22.9. The number of ether oxygens (including phenoxy) is 3. The summed E-state index contributed by atoms with van der Waals surface area (Å²) in [5.74, 6) is 0.647. The summed E-state index contributed by atoms with van der Waals surface area (Å²) in [6.45, 7) is 0.794. The molecule has 7 nitrogen and oxygen atoms in total. The highest BCUT2D eigenvalue weighted by Gasteiger charge is 2.34. The van der Waals surface area contributed by atoms with Gasteiger partial charge in [-0.05, 0) is 69.2 Å². The molecule has 0 bridgehead atoms. The highest BCUT2D eigenvalue weighted by molar-refractivity contribution is 9.10. The van der Waals surface area contributed by atoms with E-state index < -0.39 is 0 Å². The SMILES string of the molecule is COCCN1C(=O)S/C(=C/c2cc(Br)c(OCc3ccc(C#N)cc3)c(OC)c2)C1=O. The molecule has 1 heterocycles. The van der Waals surface area contributed by atoms with Crippen molar-refractivity contribution in [2.45, 2.75) is 6.61 Å². The number of amides is 2. The lowest BCUT2D eigenvalue weighted by molar-refractivity contribution is -0.123. The molecule has 0 aromatic heterocycles. The summed E-state index contributed by atoms with van der Waals surface area (Å²) in [6, 6.07) is 12.7. The van der Waals surface area contributed by atoms with Crippen LogP contribution in [0.2, 0.25) is 0 Å². The van der Waals surface area contributed by atoms with Gasteiger partial charge < -0.3 is 14.2 Å². The largest absolute Gasteiger partial charge is 0.493 e. The number of hydrogen-bond donors (Lipinski definition) is 0. The second-order valence-corrected chi connectivity index (χ2v) is 8.31. The molecule has 0 radical (unpaired) electrons. The molecule has 31 heavy (non-hydrogen) atoms. The Hall–Kier alpha value is -2.80. The summed E-state index contributed by atoms with van der Waals surface area (Å²) < 4.78 is 17.0. The molecule has 1 fully saturated rings. The van der Waals surface area contributed by atoms with Crippen LogP contribution < -0.4 is 9.47 Å². The number of methoxy groups -OCH3 is 2. The first-order chi connectivity index (χ1) is 15.0. The second-order valence-electron chi connectivity index (χ2n) is 6.46. The maximum atomic E-state index is 12.5. The number of nitrogens with zero attached hydrogens (tertiary/aromatic N) is 2. The van der Waals surface area contributed by atoms with Gasteiger partial charge >= 0.3 is 0 Å². The smallest absolute Gasteiger partial charge is 0.293 e. The van der Waals surface area contributed by atoms with Gasteiger partial charge in [-0.2, -0.15) is 5.26 Å². The summed E-state index contributed by atoms with van der Waals surface area (Å²) in [4.78, 5) is 26.1. The topological polar surface area (TPSA) is 88.9 Å². The standard InChI is InChI=1S/C22H19BrN2O5S/c1-28-8-7-25-21(26)19(31-22(25)27)11-16-9-17(23)20(18(10-16)29-2)30-13-15-5-3-14(12-24)4-6-15/h3-6,9-11H,7-8,13H2,1-2H3/b19-11+. The molecule has 1 aliphatic heterocycles. The molecule has 0 aliphatic carbocycles. The molecule has 1 saturated heterocycles. The third-order valence-electron chi connectivity index (χ3n) is 4.41. The molecule has 2 aromatic rings. The zero-order valence-electron chi connectivity index (χ0n) is 16.9. The molecular formula is C22H19BrN2O5S. The molecule has 1 aliphatic rings. The fraction of sp³-hybridized carbons (Fsp3) is 0.227. The van der Waals surface area contributed by atoms with Crippen LogP contribution in [0.25, 0.3) is 6.08 Å². The van der Waals surface area contributed by atoms with E-state index in [0.717, 1.165) is 17.3 Å². The van der Waals surface area contributed by atoms with E-state index in [4.69, 9.17) is 19.5 Å². The van der Waals surface area contributed by atoms with Gasteiger partial charge in [0.25, 0.3) is 11.1 Å². The molecule has 0 N–H and O–H groups in total. The minimum Gasteiger partial charge on any atom is -0.493 e. The Morgan fingerprint density at radius 2 is 1.94 bits per heavy atom. The van der Waals surface area contributed by atoms with Crippen molar-refractivity contribution in [2.24, 2.45) is 0 Å². The monoisotopic (exact) mass is 502 g/mol. The van der Waals surface area contributed by atoms with Gasteiger partial charge in [-0.25, -0.2) is 0 Å². The zero-order chi connectivity index (χ0) is 22.4. The third-order valence-corrected chi connectivity index (χ3v) is 5.90. The van der Waals surface area contributed by atoms with Gasteiger partial charge in [-0.15, -0.1) is 0 Å². The van der Waals surface area contributed by atoms with Gasteiger partial charge in [0, 0.05) is 7.11 Å². The average Bonchev–Trinajstić information content (AvgIpc) is 3.03. The van der Waals surface area contributed by atoms with Gasteiger partial charge in [0.05, 0.1) is 41.3 Å². The number of thioether (sulfide) groups is 1. The van der Waals surface area contributed by atoms with Crippen LogP contribution in [0.5, 0.6) is 11.5 Å². The van der Waals surface area contributed by atoms with E-state index in [0.29, 0.717) is 38.6 Å². The predicted molar refractivity (Wildman–Crippen MR) is 121 cm³/mol. The number of benzene rings is 2. The Morgan fingerprint density at radius 1 is 1.19 bits per heavy atom. The van der Waals surface area contributed by atoms with E-state index in [-0.39, 0.29) is 24.3 Å². The lowest BCUT2D eigenvalue weighted by atomic mass is 10.1. The Labute approximate surface area is 192 Å². The average molecular weight is 503 g/mol. The fourth-order valence-corrected chi connectivity index (χ4v) is 4.26. The number of halogens is 1. The minimum absolute atomic E-state index is 0.216. The zero-order valence-corrected chi connectivity index (χ0v) is 19.3. The number of carbonyl (C=O) groups excluding carboxylic acids is 2. The molecular weight excluding hydrogens is 484 g/mol. The van der Waals surface area contributed by atoms with Crippen LogP contribution in [0.3, 0.4) is 0 Å². The normalized spacial score (nSPS) is 14.8. The van der Waals surface area contributed by atoms with Crippen LogP contribution >= 0.6 is 27.7 Å². The number of hydrogen-bond acceptors (Lipinski definition) is 7. The molecule has 0 saturated carbocycles. The number of rotatable bonds is 8. The van der Waals surface area contributed by atoms with Crippen molar-refractivity contribution < 1.29 is 23.8 Å². The van der Waals surface area contributed by atoms with E-state index in [2.05, 4.69) is 22.0 Å². The van der Waals surface area contributed by atoms with Crippen molar-refractivity contribution in [1.29, 1.82) is 5.26 Å². The van der Waals surface area contributed by atoms with Crippen molar-refractivity contribution in [3.63, 3.8) is 0 Å². The summed E-state index contributed by atoms with van der Waals surface area (Å²) >= 11 is 4.39. The van der Waals surface area contributed by atoms with Crippen LogP contribution in [-0.4, -0.2) is 43.4 Å². The van der Waals surface area contributed by atoms with E-state index >= 15 is 0 Å². The van der Waals surface area contributed by atoms with Crippen LogP contribution in [0.4, 0.5) is 4.79 Å². The molecule has 3 rings (SSSR count). The van der Waals surface area contributed by atoms with Gasteiger partial charge in [0.1, 0.15) is 6.61 Å². The molecule has 9 heteroatoms. The van der Waals surface area contributed by atoms with Gasteiger partial charge in [-0.3, -0.25) is 14.5 Å². The van der Waals surface area contributed by atoms with Gasteiger partial charge in [0.15, 0.2) is 11.5 Å². The lowest BCUT2D eigenvalue weighted by Crippen LogP contribution is -2.31. The second kappa shape index (κ2) is 10.5. The Bertz CT molecular complexity index is 1060. The summed E-state index contributed by atoms with van der Waals surface area (Å²) in [7, 11) is 3.04. The first-order valence-electron chi connectivity index (χ1n) is 9.20. The molecule has 0 atom stereocenters. The Balaban J connectivity index is 1.79. The first-order valence-corrected chi connectivity index (χ1v) is 10.8. The maximum Gasteiger partial charge on any atom is 0.293 e. The quantitative estimate of drug-likeness (QED) is 0.487. The minimum atomic E-state index is -0.344. The molecule has 160 valence electrons. The fourth-order valence-electron chi connectivity index (χ4n) is 2.82. The summed E-state index contributed by atoms with van der Waals surface area (Å²) in [5.41, 5.74) is 2.17. The van der Waals surface area contributed by atoms with Crippen LogP contribution in [0.15, 0.2) is 45.8 Å². The number of carbonyl (C=O) groups is 2. The molecule has 2 amide bonds. The highest BCUT2D eigenvalue weighted by atomic mass is 79.9. The van der Waals surface area contributed by atoms with E-state index in [9.17, 15) is 9.59 Å². The van der Waals surface area contributed by atoms with Crippen molar-refractivity contribution in [3.8, 4) is 17.6 Å². The number of imide groups is 1. The maximum absolute atomic E-state index is 12.5. The lowest BCUT2D eigenvalue weighted by Gasteiger charge is -2.14. The van der Waals surface area contributed by atoms with Crippen LogP contribution in [-0.2, 0) is 16.1 Å². The van der Waals surface area contributed by atoms with Crippen molar-refractivity contribution >= 4 is 44.9 Å². The van der Waals surface area contributed by atoms with Gasteiger partial charge in [0.2, 0.25) is 0 Å². The molecule has 2 aromatic carbocycles. The van der Waals surface area contributed by atoms with Crippen molar-refractivity contribution in [2.75, 3.05) is 27.4 Å². The van der Waals surface area contributed by atoms with Crippen LogP contribution in [0, 0.1) is 11.3 Å². The van der Waals surface area contributed by atoms with E-state index in [1.807, 2.05) is 12.1 Å². The molecule has 0 unspecified atom stereocenters. The van der Waals surface area contributed by atoms with E-state index in [1.165, 1.54) is 19.1 Å². The summed E-state index contributed by atoms with van der Waals surface area (Å²) in [6.07, 6.45) is 1.65. The van der Waals surface area contributed by atoms with Crippen molar-refractivity contribution in [3.05, 3.63) is 62.5 Å². The van der Waals surface area contributed by atoms with E-state index in [1.54, 1.807) is 30.3 Å². The molecule has 0 spiro atoms. The predicted octanol–water partition coefficient (Wildman–Crippen LogP) is 4.59. The highest BCUT2D eigenvalue weighted by Crippen LogP contribution is 2.39. The van der Waals surface area contributed by atoms with Gasteiger partial charge in [-0.1, -0.05) is 12.1 Å².